The second-order valence-corrected chi connectivity index (χ2v) is 7.78. The minimum absolute atomic E-state index is 0.246. The molecule has 0 atom stereocenters. The highest BCUT2D eigenvalue weighted by Crippen LogP contribution is 2.38. The molecule has 2 aromatic carbocycles. The van der Waals surface area contributed by atoms with Crippen molar-refractivity contribution < 1.29 is 28.2 Å². The fraction of sp³-hybridized carbons (Fsp3) is 0.227. The van der Waals surface area contributed by atoms with Crippen LogP contribution >= 0.6 is 11.3 Å². The second kappa shape index (κ2) is 10.1. The first-order valence-corrected chi connectivity index (χ1v) is 10.3. The van der Waals surface area contributed by atoms with Gasteiger partial charge in [-0.25, -0.2) is 9.37 Å². The molecular weight excluding hydrogens is 437 g/mol. The first kappa shape index (κ1) is 23.0. The number of nitrogens with one attached hydrogen (secondary N) is 2. The third kappa shape index (κ3) is 5.14. The number of rotatable bonds is 8. The SMILES string of the molecule is COc1cc(C(=O)NCC(=O)Nc2nc(-c3ccc(F)cc3)c(C)s2)cc(OC)c1OC. The molecule has 10 heteroatoms. The summed E-state index contributed by atoms with van der Waals surface area (Å²) in [6, 6.07) is 8.94. The zero-order valence-corrected chi connectivity index (χ0v) is 18.8. The number of carbonyl (C=O) groups is 2. The Kier molecular flexibility index (Phi) is 7.26. The number of ether oxygens (including phenoxy) is 3. The smallest absolute Gasteiger partial charge is 0.251 e. The molecule has 0 fully saturated rings. The van der Waals surface area contributed by atoms with E-state index in [9.17, 15) is 14.0 Å². The quantitative estimate of drug-likeness (QED) is 0.534. The topological polar surface area (TPSA) is 98.8 Å². The summed E-state index contributed by atoms with van der Waals surface area (Å²) in [6.07, 6.45) is 0. The molecule has 0 aliphatic carbocycles. The highest BCUT2D eigenvalue weighted by Gasteiger charge is 2.18. The number of thiazole rings is 1. The summed E-state index contributed by atoms with van der Waals surface area (Å²) < 4.78 is 28.9. The van der Waals surface area contributed by atoms with Crippen molar-refractivity contribution in [3.8, 4) is 28.5 Å². The second-order valence-electron chi connectivity index (χ2n) is 6.58. The first-order valence-electron chi connectivity index (χ1n) is 9.47. The van der Waals surface area contributed by atoms with Crippen LogP contribution in [0.3, 0.4) is 0 Å². The number of hydrogen-bond acceptors (Lipinski definition) is 7. The van der Waals surface area contributed by atoms with Crippen LogP contribution in [0.15, 0.2) is 36.4 Å². The normalized spacial score (nSPS) is 10.4. The van der Waals surface area contributed by atoms with Crippen molar-refractivity contribution in [3.63, 3.8) is 0 Å². The summed E-state index contributed by atoms with van der Waals surface area (Å²) in [5.74, 6) is -0.244. The maximum Gasteiger partial charge on any atom is 0.251 e. The predicted molar refractivity (Wildman–Crippen MR) is 119 cm³/mol. The van der Waals surface area contributed by atoms with Gasteiger partial charge in [-0.05, 0) is 43.3 Å². The lowest BCUT2D eigenvalue weighted by atomic mass is 10.1. The zero-order chi connectivity index (χ0) is 23.3. The van der Waals surface area contributed by atoms with Crippen LogP contribution in [0, 0.1) is 12.7 Å². The van der Waals surface area contributed by atoms with Crippen LogP contribution in [-0.4, -0.2) is 44.7 Å². The van der Waals surface area contributed by atoms with Crippen LogP contribution in [-0.2, 0) is 4.79 Å². The Morgan fingerprint density at radius 3 is 2.22 bits per heavy atom. The van der Waals surface area contributed by atoms with Gasteiger partial charge in [0.05, 0.1) is 33.6 Å². The van der Waals surface area contributed by atoms with E-state index < -0.39 is 11.8 Å². The number of halogens is 1. The maximum absolute atomic E-state index is 13.1. The number of aryl methyl sites for hydroxylation is 1. The Morgan fingerprint density at radius 1 is 1.03 bits per heavy atom. The molecule has 1 aromatic heterocycles. The number of hydrogen-bond donors (Lipinski definition) is 2. The molecule has 0 saturated carbocycles. The molecule has 3 aromatic rings. The van der Waals surface area contributed by atoms with Gasteiger partial charge >= 0.3 is 0 Å². The molecule has 168 valence electrons. The van der Waals surface area contributed by atoms with Gasteiger partial charge in [0.25, 0.3) is 5.91 Å². The van der Waals surface area contributed by atoms with Crippen LogP contribution in [0.2, 0.25) is 0 Å². The summed E-state index contributed by atoms with van der Waals surface area (Å²) in [5.41, 5.74) is 1.65. The Hall–Kier alpha value is -3.66. The number of benzene rings is 2. The van der Waals surface area contributed by atoms with Gasteiger partial charge in [0, 0.05) is 16.0 Å². The van der Waals surface area contributed by atoms with Crippen LogP contribution in [0.5, 0.6) is 17.2 Å². The van der Waals surface area contributed by atoms with Crippen molar-refractivity contribution in [1.82, 2.24) is 10.3 Å². The molecule has 0 spiro atoms. The van der Waals surface area contributed by atoms with E-state index in [4.69, 9.17) is 14.2 Å². The Bertz CT molecular complexity index is 1110. The monoisotopic (exact) mass is 459 g/mol. The molecule has 0 aliphatic heterocycles. The lowest BCUT2D eigenvalue weighted by molar-refractivity contribution is -0.115. The Balaban J connectivity index is 1.65. The lowest BCUT2D eigenvalue weighted by Gasteiger charge is -2.14. The van der Waals surface area contributed by atoms with E-state index in [0.29, 0.717) is 28.1 Å². The molecule has 32 heavy (non-hydrogen) atoms. The molecule has 0 radical (unpaired) electrons. The highest BCUT2D eigenvalue weighted by molar-refractivity contribution is 7.16. The summed E-state index contributed by atoms with van der Waals surface area (Å²) in [6.45, 7) is 1.60. The Morgan fingerprint density at radius 2 is 1.66 bits per heavy atom. The van der Waals surface area contributed by atoms with Crippen LogP contribution in [0.25, 0.3) is 11.3 Å². The molecule has 0 aliphatic rings. The fourth-order valence-corrected chi connectivity index (χ4v) is 3.82. The number of amides is 2. The molecule has 8 nitrogen and oxygen atoms in total. The van der Waals surface area contributed by atoms with Crippen LogP contribution < -0.4 is 24.8 Å². The van der Waals surface area contributed by atoms with Crippen molar-refractivity contribution in [1.29, 1.82) is 0 Å². The van der Waals surface area contributed by atoms with E-state index >= 15 is 0 Å². The average Bonchev–Trinajstić information content (AvgIpc) is 3.16. The van der Waals surface area contributed by atoms with Gasteiger partial charge < -0.3 is 24.8 Å². The largest absolute Gasteiger partial charge is 0.493 e. The minimum Gasteiger partial charge on any atom is -0.493 e. The lowest BCUT2D eigenvalue weighted by Crippen LogP contribution is -2.32. The van der Waals surface area contributed by atoms with E-state index in [1.165, 1.54) is 56.9 Å². The number of carbonyl (C=O) groups excluding carboxylic acids is 2. The minimum atomic E-state index is -0.485. The van der Waals surface area contributed by atoms with Crippen molar-refractivity contribution in [2.24, 2.45) is 0 Å². The number of aromatic nitrogens is 1. The molecule has 0 unspecified atom stereocenters. The molecule has 3 rings (SSSR count). The molecule has 0 bridgehead atoms. The van der Waals surface area contributed by atoms with Gasteiger partial charge in [-0.15, -0.1) is 11.3 Å². The molecular formula is C22H22FN3O5S. The van der Waals surface area contributed by atoms with Gasteiger partial charge in [-0.3, -0.25) is 9.59 Å². The van der Waals surface area contributed by atoms with Crippen molar-refractivity contribution in [2.45, 2.75) is 6.92 Å². The molecule has 1 heterocycles. The standard InChI is InChI=1S/C22H22FN3O5S/c1-12-19(13-5-7-15(23)8-6-13)26-22(32-12)25-18(27)11-24-21(28)14-9-16(29-2)20(31-4)17(10-14)30-3/h5-10H,11H2,1-4H3,(H,24,28)(H,25,26,27). The number of methoxy groups -OCH3 is 3. The molecule has 2 amide bonds. The maximum atomic E-state index is 13.1. The van der Waals surface area contributed by atoms with Crippen molar-refractivity contribution in [2.75, 3.05) is 33.2 Å². The predicted octanol–water partition coefficient (Wildman–Crippen LogP) is 3.65. The molecule has 0 saturated heterocycles. The zero-order valence-electron chi connectivity index (χ0n) is 17.9. The van der Waals surface area contributed by atoms with Gasteiger partial charge in [0.2, 0.25) is 11.7 Å². The van der Waals surface area contributed by atoms with Crippen molar-refractivity contribution in [3.05, 3.63) is 52.7 Å². The first-order chi connectivity index (χ1) is 15.4. The summed E-state index contributed by atoms with van der Waals surface area (Å²) in [4.78, 5) is 30.1. The van der Waals surface area contributed by atoms with E-state index in [0.717, 1.165) is 10.4 Å². The molecule has 2 N–H and O–H groups in total. The van der Waals surface area contributed by atoms with Crippen LogP contribution in [0.4, 0.5) is 9.52 Å². The van der Waals surface area contributed by atoms with E-state index in [2.05, 4.69) is 15.6 Å². The van der Waals surface area contributed by atoms with Crippen molar-refractivity contribution >= 4 is 28.3 Å². The van der Waals surface area contributed by atoms with E-state index in [1.54, 1.807) is 12.1 Å². The van der Waals surface area contributed by atoms with Gasteiger partial charge in [-0.2, -0.15) is 0 Å². The summed E-state index contributed by atoms with van der Waals surface area (Å²) in [5, 5.41) is 5.60. The number of nitrogens with zero attached hydrogens (tertiary/aromatic N) is 1. The fourth-order valence-electron chi connectivity index (χ4n) is 2.96. The van der Waals surface area contributed by atoms with Gasteiger partial charge in [0.1, 0.15) is 5.82 Å². The summed E-state index contributed by atoms with van der Waals surface area (Å²) >= 11 is 1.29. The average molecular weight is 459 g/mol. The third-order valence-electron chi connectivity index (χ3n) is 4.50. The third-order valence-corrected chi connectivity index (χ3v) is 5.38. The number of anilines is 1. The van der Waals surface area contributed by atoms with E-state index in [1.807, 2.05) is 6.92 Å². The van der Waals surface area contributed by atoms with Crippen LogP contribution in [0.1, 0.15) is 15.2 Å². The van der Waals surface area contributed by atoms with E-state index in [-0.39, 0.29) is 17.9 Å². The Labute approximate surface area is 188 Å². The van der Waals surface area contributed by atoms with Gasteiger partial charge in [-0.1, -0.05) is 0 Å². The summed E-state index contributed by atoms with van der Waals surface area (Å²) in [7, 11) is 4.36. The highest BCUT2D eigenvalue weighted by atomic mass is 32.1. The van der Waals surface area contributed by atoms with Gasteiger partial charge in [0.15, 0.2) is 16.6 Å².